The van der Waals surface area contributed by atoms with Crippen LogP contribution in [0.15, 0.2) is 22.7 Å². The first-order chi connectivity index (χ1) is 8.15. The largest absolute Gasteiger partial charge is 0.333 e. The maximum Gasteiger partial charge on any atom is 0.258 e. The van der Waals surface area contributed by atoms with Crippen LogP contribution in [0.1, 0.15) is 17.3 Å². The van der Waals surface area contributed by atoms with Crippen molar-refractivity contribution < 1.29 is 9.18 Å². The molecule has 1 amide bonds. The predicted octanol–water partition coefficient (Wildman–Crippen LogP) is 2.02. The molecule has 1 aliphatic rings. The second kappa shape index (κ2) is 5.14. The molecular formula is C12H14BrFN2O. The highest BCUT2D eigenvalue weighted by Crippen LogP contribution is 2.22. The van der Waals surface area contributed by atoms with Crippen LogP contribution in [0.5, 0.6) is 0 Å². The summed E-state index contributed by atoms with van der Waals surface area (Å²) in [5.74, 6) is -0.723. The van der Waals surface area contributed by atoms with Crippen LogP contribution in [0.4, 0.5) is 4.39 Å². The smallest absolute Gasteiger partial charge is 0.258 e. The molecule has 1 aromatic carbocycles. The van der Waals surface area contributed by atoms with E-state index in [1.165, 1.54) is 6.07 Å². The molecule has 0 aliphatic carbocycles. The lowest BCUT2D eigenvalue weighted by molar-refractivity contribution is 0.0624. The third kappa shape index (κ3) is 2.35. The maximum absolute atomic E-state index is 13.7. The van der Waals surface area contributed by atoms with Crippen LogP contribution in [0.3, 0.4) is 0 Å². The van der Waals surface area contributed by atoms with Crippen molar-refractivity contribution in [2.24, 2.45) is 0 Å². The average molecular weight is 301 g/mol. The fourth-order valence-corrected chi connectivity index (χ4v) is 2.42. The summed E-state index contributed by atoms with van der Waals surface area (Å²) in [6, 6.07) is 4.75. The van der Waals surface area contributed by atoms with Crippen LogP contribution in [0.2, 0.25) is 0 Å². The summed E-state index contributed by atoms with van der Waals surface area (Å²) >= 11 is 3.23. The van der Waals surface area contributed by atoms with Gasteiger partial charge in [-0.3, -0.25) is 4.79 Å². The highest BCUT2D eigenvalue weighted by molar-refractivity contribution is 9.10. The highest BCUT2D eigenvalue weighted by Gasteiger charge is 2.30. The standard InChI is InChI=1S/C12H14BrFN2O/c1-2-16(8-6-15-7-8)12(17)11-9(13)4-3-5-10(11)14/h3-5,8,15H,2,6-7H2,1H3. The number of hydrogen-bond donors (Lipinski definition) is 1. The van der Waals surface area contributed by atoms with E-state index in [0.717, 1.165) is 13.1 Å². The van der Waals surface area contributed by atoms with E-state index in [1.54, 1.807) is 17.0 Å². The minimum atomic E-state index is -0.477. The Kier molecular flexibility index (Phi) is 3.79. The predicted molar refractivity (Wildman–Crippen MR) is 67.5 cm³/mol. The third-order valence-corrected chi connectivity index (χ3v) is 3.64. The number of rotatable bonds is 3. The molecule has 1 aromatic rings. The Bertz CT molecular complexity index is 414. The van der Waals surface area contributed by atoms with Crippen LogP contribution in [-0.4, -0.2) is 36.5 Å². The number of benzene rings is 1. The monoisotopic (exact) mass is 300 g/mol. The van der Waals surface area contributed by atoms with Gasteiger partial charge in [-0.05, 0) is 35.0 Å². The number of carbonyl (C=O) groups is 1. The Balaban J connectivity index is 2.28. The van der Waals surface area contributed by atoms with Crippen LogP contribution in [0, 0.1) is 5.82 Å². The molecule has 92 valence electrons. The van der Waals surface area contributed by atoms with Gasteiger partial charge >= 0.3 is 0 Å². The third-order valence-electron chi connectivity index (χ3n) is 2.98. The number of nitrogens with one attached hydrogen (secondary N) is 1. The van der Waals surface area contributed by atoms with E-state index < -0.39 is 5.82 Å². The molecule has 0 aromatic heterocycles. The van der Waals surface area contributed by atoms with Crippen LogP contribution >= 0.6 is 15.9 Å². The van der Waals surface area contributed by atoms with Crippen molar-refractivity contribution in [3.05, 3.63) is 34.1 Å². The number of amides is 1. The molecule has 0 radical (unpaired) electrons. The zero-order chi connectivity index (χ0) is 12.4. The van der Waals surface area contributed by atoms with Crippen LogP contribution in [-0.2, 0) is 0 Å². The zero-order valence-corrected chi connectivity index (χ0v) is 11.1. The summed E-state index contributed by atoms with van der Waals surface area (Å²) in [4.78, 5) is 14.0. The number of hydrogen-bond acceptors (Lipinski definition) is 2. The van der Waals surface area contributed by atoms with E-state index in [2.05, 4.69) is 21.2 Å². The first-order valence-corrected chi connectivity index (χ1v) is 6.40. The van der Waals surface area contributed by atoms with Gasteiger partial charge < -0.3 is 10.2 Å². The maximum atomic E-state index is 13.7. The van der Waals surface area contributed by atoms with E-state index in [-0.39, 0.29) is 17.5 Å². The minimum absolute atomic E-state index is 0.126. The Morgan fingerprint density at radius 3 is 2.76 bits per heavy atom. The molecule has 0 saturated carbocycles. The molecular weight excluding hydrogens is 287 g/mol. The first kappa shape index (κ1) is 12.5. The number of likely N-dealkylation sites (N-methyl/N-ethyl adjacent to an activating group) is 1. The van der Waals surface area contributed by atoms with E-state index in [1.807, 2.05) is 6.92 Å². The van der Waals surface area contributed by atoms with Crippen molar-refractivity contribution in [1.29, 1.82) is 0 Å². The second-order valence-corrected chi connectivity index (χ2v) is 4.85. The molecule has 0 atom stereocenters. The molecule has 3 nitrogen and oxygen atoms in total. The molecule has 0 spiro atoms. The quantitative estimate of drug-likeness (QED) is 0.926. The van der Waals surface area contributed by atoms with E-state index in [0.29, 0.717) is 11.0 Å². The Labute approximate surface area is 108 Å². The van der Waals surface area contributed by atoms with Gasteiger partial charge in [0.05, 0.1) is 11.6 Å². The molecule has 0 bridgehead atoms. The molecule has 17 heavy (non-hydrogen) atoms. The van der Waals surface area contributed by atoms with Crippen molar-refractivity contribution in [2.75, 3.05) is 19.6 Å². The Hall–Kier alpha value is -0.940. The van der Waals surface area contributed by atoms with E-state index in [4.69, 9.17) is 0 Å². The van der Waals surface area contributed by atoms with Crippen molar-refractivity contribution in [3.8, 4) is 0 Å². The molecule has 1 N–H and O–H groups in total. The number of nitrogens with zero attached hydrogens (tertiary/aromatic N) is 1. The van der Waals surface area contributed by atoms with Gasteiger partial charge in [0, 0.05) is 24.1 Å². The van der Waals surface area contributed by atoms with Crippen molar-refractivity contribution >= 4 is 21.8 Å². The van der Waals surface area contributed by atoms with Gasteiger partial charge in [-0.15, -0.1) is 0 Å². The minimum Gasteiger partial charge on any atom is -0.333 e. The fraction of sp³-hybridized carbons (Fsp3) is 0.417. The SMILES string of the molecule is CCN(C(=O)c1c(F)cccc1Br)C1CNC1. The van der Waals surface area contributed by atoms with Gasteiger partial charge in [-0.1, -0.05) is 6.07 Å². The lowest BCUT2D eigenvalue weighted by Crippen LogP contribution is -2.58. The van der Waals surface area contributed by atoms with Gasteiger partial charge in [0.15, 0.2) is 0 Å². The zero-order valence-electron chi connectivity index (χ0n) is 9.54. The normalized spacial score (nSPS) is 15.5. The lowest BCUT2D eigenvalue weighted by Gasteiger charge is -2.37. The van der Waals surface area contributed by atoms with Gasteiger partial charge in [0.1, 0.15) is 5.82 Å². The second-order valence-electron chi connectivity index (χ2n) is 4.00. The van der Waals surface area contributed by atoms with Gasteiger partial charge in [0.25, 0.3) is 5.91 Å². The van der Waals surface area contributed by atoms with Crippen molar-refractivity contribution in [2.45, 2.75) is 13.0 Å². The lowest BCUT2D eigenvalue weighted by atomic mass is 10.1. The Morgan fingerprint density at radius 1 is 1.59 bits per heavy atom. The van der Waals surface area contributed by atoms with Crippen LogP contribution < -0.4 is 5.32 Å². The molecule has 1 saturated heterocycles. The Morgan fingerprint density at radius 2 is 2.29 bits per heavy atom. The van der Waals surface area contributed by atoms with Crippen molar-refractivity contribution in [3.63, 3.8) is 0 Å². The summed E-state index contributed by atoms with van der Waals surface area (Å²) < 4.78 is 14.2. The summed E-state index contributed by atoms with van der Waals surface area (Å²) in [6.07, 6.45) is 0. The van der Waals surface area contributed by atoms with Gasteiger partial charge in [0.2, 0.25) is 0 Å². The molecule has 1 fully saturated rings. The highest BCUT2D eigenvalue weighted by atomic mass is 79.9. The number of halogens is 2. The molecule has 5 heteroatoms. The molecule has 0 unspecified atom stereocenters. The summed E-state index contributed by atoms with van der Waals surface area (Å²) in [7, 11) is 0. The molecule has 1 heterocycles. The van der Waals surface area contributed by atoms with E-state index in [9.17, 15) is 9.18 Å². The summed E-state index contributed by atoms with van der Waals surface area (Å²) in [5, 5.41) is 3.11. The first-order valence-electron chi connectivity index (χ1n) is 5.60. The van der Waals surface area contributed by atoms with Gasteiger partial charge in [-0.2, -0.15) is 0 Å². The van der Waals surface area contributed by atoms with E-state index >= 15 is 0 Å². The van der Waals surface area contributed by atoms with Crippen LogP contribution in [0.25, 0.3) is 0 Å². The van der Waals surface area contributed by atoms with Crippen molar-refractivity contribution in [1.82, 2.24) is 10.2 Å². The average Bonchev–Trinajstić information content (AvgIpc) is 2.22. The molecule has 2 rings (SSSR count). The summed E-state index contributed by atoms with van der Waals surface area (Å²) in [5.41, 5.74) is 0.126. The number of carbonyl (C=O) groups excluding carboxylic acids is 1. The summed E-state index contributed by atoms with van der Waals surface area (Å²) in [6.45, 7) is 4.06. The topological polar surface area (TPSA) is 32.3 Å². The molecule has 1 aliphatic heterocycles. The fourth-order valence-electron chi connectivity index (χ4n) is 1.91. The van der Waals surface area contributed by atoms with Gasteiger partial charge in [-0.25, -0.2) is 4.39 Å².